The molecule has 0 saturated heterocycles. The Balaban J connectivity index is 0.971. The molecule has 9 aromatic carbocycles. The Morgan fingerprint density at radius 2 is 0.826 bits per heavy atom. The van der Waals surface area contributed by atoms with Gasteiger partial charge in [-0.2, -0.15) is 0 Å². The van der Waals surface area contributed by atoms with E-state index in [1.807, 2.05) is 0 Å². The van der Waals surface area contributed by atoms with Gasteiger partial charge < -0.3 is 18.3 Å². The highest BCUT2D eigenvalue weighted by atomic mass is 15.0. The van der Waals surface area contributed by atoms with E-state index in [4.69, 9.17) is 6.58 Å². The van der Waals surface area contributed by atoms with Crippen LogP contribution in [0.2, 0.25) is 0 Å². The van der Waals surface area contributed by atoms with Crippen molar-refractivity contribution < 1.29 is 0 Å². The van der Waals surface area contributed by atoms with Crippen LogP contribution in [0.1, 0.15) is 27.9 Å². The third kappa shape index (κ3) is 6.22. The van der Waals surface area contributed by atoms with Crippen LogP contribution in [0.15, 0.2) is 201 Å². The summed E-state index contributed by atoms with van der Waals surface area (Å²) in [6, 6.07) is 69.4. The average Bonchev–Trinajstić information content (AvgIpc) is 4.06. The number of para-hydroxylation sites is 2. The van der Waals surface area contributed by atoms with Crippen molar-refractivity contribution in [3.63, 3.8) is 0 Å². The summed E-state index contributed by atoms with van der Waals surface area (Å²) < 4.78 is 9.48. The third-order valence-corrected chi connectivity index (χ3v) is 15.1. The SMILES string of the molecule is C=C(/C=C\c1c(C)c2cc(-c3ccccc3C)ccc2n1-c1ccc2c(c1)c1ccccc1n2C)c1ccc2c(c1)c1cc(-c3ccccc3C)ccc1n2-c1ccc2c(c1)c1ccccc1n2C. The second-order valence-electron chi connectivity index (χ2n) is 18.9. The van der Waals surface area contributed by atoms with Crippen molar-refractivity contribution in [3.05, 3.63) is 229 Å². The maximum absolute atomic E-state index is 4.75. The largest absolute Gasteiger partial charge is 0.344 e. The van der Waals surface area contributed by atoms with E-state index in [9.17, 15) is 0 Å². The van der Waals surface area contributed by atoms with Crippen LogP contribution < -0.4 is 0 Å². The summed E-state index contributed by atoms with van der Waals surface area (Å²) in [5.41, 5.74) is 22.6. The fraction of sp³-hybridized carbons (Fsp3) is 0.0769. The lowest BCUT2D eigenvalue weighted by Crippen LogP contribution is -1.97. The molecule has 0 unspecified atom stereocenters. The standard InChI is InChI=1S/C65H50N4/c1-40(23-29-58-43(4)53-36-45(49-17-9-7-15-41(49)2)25-31-63(53)68(58)47-27-33-61-56(38-47)51-19-11-13-21-59(51)66(61)5)44-24-30-64-54(35-44)55-37-46(50-18-10-8-16-42(50)3)26-32-65(55)69(64)48-28-34-62-57(39-48)52-20-12-14-22-60(52)67(62)6/h7-39H,1H2,2-6H3/b29-23-. The predicted molar refractivity (Wildman–Crippen MR) is 295 cm³/mol. The Hall–Kier alpha value is -8.60. The molecule has 0 spiro atoms. The zero-order valence-electron chi connectivity index (χ0n) is 39.5. The molecule has 13 aromatic rings. The van der Waals surface area contributed by atoms with Crippen LogP contribution in [0.25, 0.3) is 122 Å². The molecule has 69 heavy (non-hydrogen) atoms. The first-order valence-electron chi connectivity index (χ1n) is 23.9. The van der Waals surface area contributed by atoms with Crippen molar-refractivity contribution >= 4 is 88.0 Å². The number of aromatic nitrogens is 4. The van der Waals surface area contributed by atoms with E-state index >= 15 is 0 Å². The minimum atomic E-state index is 0.950. The number of rotatable bonds is 7. The highest BCUT2D eigenvalue weighted by Gasteiger charge is 2.20. The topological polar surface area (TPSA) is 19.7 Å². The van der Waals surface area contributed by atoms with Crippen molar-refractivity contribution in [3.8, 4) is 33.6 Å². The highest BCUT2D eigenvalue weighted by molar-refractivity contribution is 6.13. The van der Waals surface area contributed by atoms with Gasteiger partial charge in [0.2, 0.25) is 0 Å². The van der Waals surface area contributed by atoms with Crippen LogP contribution in [-0.2, 0) is 14.1 Å². The molecule has 330 valence electrons. The predicted octanol–water partition coefficient (Wildman–Crippen LogP) is 17.0. The second-order valence-corrected chi connectivity index (χ2v) is 18.9. The van der Waals surface area contributed by atoms with Crippen molar-refractivity contribution in [1.82, 2.24) is 18.3 Å². The normalized spacial score (nSPS) is 12.1. The van der Waals surface area contributed by atoms with Crippen LogP contribution >= 0.6 is 0 Å². The maximum atomic E-state index is 4.75. The van der Waals surface area contributed by atoms with Crippen LogP contribution in [0.3, 0.4) is 0 Å². The van der Waals surface area contributed by atoms with Gasteiger partial charge in [-0.05, 0) is 162 Å². The number of hydrogen-bond acceptors (Lipinski definition) is 0. The van der Waals surface area contributed by atoms with Gasteiger partial charge in [-0.15, -0.1) is 0 Å². The van der Waals surface area contributed by atoms with Gasteiger partial charge in [-0.1, -0.05) is 116 Å². The molecule has 0 bridgehead atoms. The molecule has 0 aliphatic heterocycles. The summed E-state index contributed by atoms with van der Waals surface area (Å²) in [6.45, 7) is 11.4. The van der Waals surface area contributed by atoms with E-state index in [0.29, 0.717) is 0 Å². The van der Waals surface area contributed by atoms with Gasteiger partial charge in [-0.25, -0.2) is 0 Å². The summed E-state index contributed by atoms with van der Waals surface area (Å²) >= 11 is 0. The van der Waals surface area contributed by atoms with Gasteiger partial charge >= 0.3 is 0 Å². The summed E-state index contributed by atoms with van der Waals surface area (Å²) in [5, 5.41) is 8.67. The first-order chi connectivity index (χ1) is 33.7. The van der Waals surface area contributed by atoms with Gasteiger partial charge in [0, 0.05) is 90.9 Å². The lowest BCUT2D eigenvalue weighted by Gasteiger charge is -2.11. The first kappa shape index (κ1) is 40.7. The number of fused-ring (bicyclic) bond motifs is 10. The van der Waals surface area contributed by atoms with E-state index in [0.717, 1.165) is 33.7 Å². The minimum absolute atomic E-state index is 0.950. The summed E-state index contributed by atoms with van der Waals surface area (Å²) in [5.74, 6) is 0. The average molecular weight is 887 g/mol. The second kappa shape index (κ2) is 15.5. The highest BCUT2D eigenvalue weighted by Crippen LogP contribution is 2.41. The third-order valence-electron chi connectivity index (χ3n) is 15.1. The molecule has 4 nitrogen and oxygen atoms in total. The molecule has 0 N–H and O–H groups in total. The van der Waals surface area contributed by atoms with Crippen LogP contribution in [0.4, 0.5) is 0 Å². The lowest BCUT2D eigenvalue weighted by atomic mass is 9.98. The van der Waals surface area contributed by atoms with Crippen LogP contribution in [-0.4, -0.2) is 18.3 Å². The molecule has 0 atom stereocenters. The molecule has 0 radical (unpaired) electrons. The molecule has 4 aromatic heterocycles. The van der Waals surface area contributed by atoms with Crippen LogP contribution in [0.5, 0.6) is 0 Å². The number of nitrogens with zero attached hydrogens (tertiary/aromatic N) is 4. The Kier molecular flexibility index (Phi) is 9.12. The fourth-order valence-corrected chi connectivity index (χ4v) is 11.4. The summed E-state index contributed by atoms with van der Waals surface area (Å²) in [7, 11) is 4.32. The van der Waals surface area contributed by atoms with E-state index in [1.165, 1.54) is 110 Å². The number of hydrogen-bond donors (Lipinski definition) is 0. The molecule has 0 aliphatic carbocycles. The number of allylic oxidation sites excluding steroid dienone is 2. The molecule has 0 aliphatic rings. The summed E-state index contributed by atoms with van der Waals surface area (Å²) in [6.07, 6.45) is 4.49. The van der Waals surface area contributed by atoms with E-state index in [-0.39, 0.29) is 0 Å². The Bertz CT molecular complexity index is 4330. The molecular formula is C65H50N4. The Morgan fingerprint density at radius 1 is 0.391 bits per heavy atom. The summed E-state index contributed by atoms with van der Waals surface area (Å²) in [4.78, 5) is 0. The molecular weight excluding hydrogens is 837 g/mol. The quantitative estimate of drug-likeness (QED) is 0.142. The van der Waals surface area contributed by atoms with Crippen molar-refractivity contribution in [1.29, 1.82) is 0 Å². The van der Waals surface area contributed by atoms with E-state index in [2.05, 4.69) is 253 Å². The molecule has 13 rings (SSSR count). The lowest BCUT2D eigenvalue weighted by molar-refractivity contribution is 1.01. The maximum Gasteiger partial charge on any atom is 0.0541 e. The Labute approximate surface area is 401 Å². The molecule has 0 amide bonds. The molecule has 0 saturated carbocycles. The van der Waals surface area contributed by atoms with Crippen LogP contribution in [0, 0.1) is 20.8 Å². The fourth-order valence-electron chi connectivity index (χ4n) is 11.4. The van der Waals surface area contributed by atoms with E-state index < -0.39 is 0 Å². The first-order valence-corrected chi connectivity index (χ1v) is 23.9. The van der Waals surface area contributed by atoms with Gasteiger partial charge in [-0.3, -0.25) is 0 Å². The Morgan fingerprint density at radius 3 is 1.41 bits per heavy atom. The minimum Gasteiger partial charge on any atom is -0.344 e. The van der Waals surface area contributed by atoms with Crippen molar-refractivity contribution in [2.75, 3.05) is 0 Å². The molecule has 4 heterocycles. The number of benzene rings is 9. The van der Waals surface area contributed by atoms with E-state index in [1.54, 1.807) is 0 Å². The van der Waals surface area contributed by atoms with Gasteiger partial charge in [0.15, 0.2) is 0 Å². The van der Waals surface area contributed by atoms with Gasteiger partial charge in [0.25, 0.3) is 0 Å². The monoisotopic (exact) mass is 886 g/mol. The molecule has 4 heteroatoms. The zero-order valence-corrected chi connectivity index (χ0v) is 39.5. The molecule has 0 fully saturated rings. The number of aryl methyl sites for hydroxylation is 5. The zero-order chi connectivity index (χ0) is 46.7. The van der Waals surface area contributed by atoms with Gasteiger partial charge in [0.1, 0.15) is 0 Å². The van der Waals surface area contributed by atoms with Crippen molar-refractivity contribution in [2.24, 2.45) is 14.1 Å². The smallest absolute Gasteiger partial charge is 0.0541 e. The van der Waals surface area contributed by atoms with Crippen molar-refractivity contribution in [2.45, 2.75) is 20.8 Å². The van der Waals surface area contributed by atoms with Gasteiger partial charge in [0.05, 0.1) is 16.6 Å².